The van der Waals surface area contributed by atoms with Crippen molar-refractivity contribution in [1.29, 1.82) is 0 Å². The second kappa shape index (κ2) is 8.37. The molecule has 6 rings (SSSR count). The van der Waals surface area contributed by atoms with Crippen molar-refractivity contribution >= 4 is 22.7 Å². The lowest BCUT2D eigenvalue weighted by atomic mass is 9.88. The Hall–Kier alpha value is -2.22. The Balaban J connectivity index is 1.27. The van der Waals surface area contributed by atoms with Gasteiger partial charge in [0.15, 0.2) is 10.3 Å². The van der Waals surface area contributed by atoms with Crippen molar-refractivity contribution in [2.75, 3.05) is 6.54 Å². The Labute approximate surface area is 191 Å². The zero-order chi connectivity index (χ0) is 20.6. The third-order valence-electron chi connectivity index (χ3n) is 7.07. The van der Waals surface area contributed by atoms with Crippen LogP contribution in [-0.4, -0.2) is 30.5 Å². The number of hydrogen-bond acceptors (Lipinski definition) is 5. The van der Waals surface area contributed by atoms with Gasteiger partial charge < -0.3 is 0 Å². The lowest BCUT2D eigenvalue weighted by molar-refractivity contribution is 0.172. The van der Waals surface area contributed by atoms with Crippen LogP contribution < -0.4 is 0 Å². The average Bonchev–Trinajstić information content (AvgIpc) is 3.60. The fourth-order valence-corrected chi connectivity index (χ4v) is 7.02. The molecule has 3 atom stereocenters. The summed E-state index contributed by atoms with van der Waals surface area (Å²) in [6.07, 6.45) is 13.8. The first-order chi connectivity index (χ1) is 15.3. The second-order valence-electron chi connectivity index (χ2n) is 8.97. The summed E-state index contributed by atoms with van der Waals surface area (Å²) in [6, 6.07) is 8.78. The van der Waals surface area contributed by atoms with Crippen LogP contribution in [0, 0.1) is 17.8 Å². The number of hydrogen-bond donors (Lipinski definition) is 0. The Kier molecular flexibility index (Phi) is 5.26. The maximum atomic E-state index is 4.54. The molecule has 31 heavy (non-hydrogen) atoms. The summed E-state index contributed by atoms with van der Waals surface area (Å²) in [6.45, 7) is 3.04. The summed E-state index contributed by atoms with van der Waals surface area (Å²) in [5.41, 5.74) is 2.62. The van der Waals surface area contributed by atoms with E-state index in [0.717, 1.165) is 41.1 Å². The molecule has 0 radical (unpaired) electrons. The van der Waals surface area contributed by atoms with Crippen molar-refractivity contribution in [3.8, 4) is 10.3 Å². The molecule has 0 aromatic carbocycles. The molecule has 0 amide bonds. The van der Waals surface area contributed by atoms with Crippen molar-refractivity contribution in [1.82, 2.24) is 24.0 Å². The molecule has 0 N–H and O–H groups in total. The summed E-state index contributed by atoms with van der Waals surface area (Å²) in [5, 5.41) is 6.19. The summed E-state index contributed by atoms with van der Waals surface area (Å²) in [5.74, 6) is 2.75. The molecule has 2 aliphatic carbocycles. The lowest BCUT2D eigenvalue weighted by Gasteiger charge is -2.30. The van der Waals surface area contributed by atoms with Crippen LogP contribution in [0.5, 0.6) is 0 Å². The van der Waals surface area contributed by atoms with E-state index in [0.29, 0.717) is 0 Å². The Morgan fingerprint density at radius 2 is 1.52 bits per heavy atom. The highest BCUT2D eigenvalue weighted by molar-refractivity contribution is 7.12. The van der Waals surface area contributed by atoms with Gasteiger partial charge in [0.05, 0.1) is 0 Å². The molecule has 4 heterocycles. The minimum absolute atomic E-state index is 0.838. The van der Waals surface area contributed by atoms with Gasteiger partial charge in [-0.05, 0) is 61.3 Å². The summed E-state index contributed by atoms with van der Waals surface area (Å²) in [4.78, 5) is 11.7. The van der Waals surface area contributed by atoms with Crippen LogP contribution in [0.15, 0.2) is 59.8 Å². The molecule has 2 bridgehead atoms. The number of rotatable bonds is 8. The summed E-state index contributed by atoms with van der Waals surface area (Å²) >= 11 is 3.39. The SMILES string of the molecule is c1cc(CN(Cc2cccn2-c2nccs2)CC2C[C@@H]3CC[C@@H]2C3)n(-c2nccs2)c1. The van der Waals surface area contributed by atoms with Crippen LogP contribution in [0.2, 0.25) is 0 Å². The predicted octanol–water partition coefficient (Wildman–Crippen LogP) is 5.62. The van der Waals surface area contributed by atoms with Gasteiger partial charge in [-0.1, -0.05) is 6.42 Å². The van der Waals surface area contributed by atoms with Gasteiger partial charge in [0.1, 0.15) is 0 Å². The Morgan fingerprint density at radius 3 is 2.00 bits per heavy atom. The lowest BCUT2D eigenvalue weighted by Crippen LogP contribution is -2.32. The second-order valence-corrected chi connectivity index (χ2v) is 10.7. The molecule has 5 nitrogen and oxygen atoms in total. The van der Waals surface area contributed by atoms with Crippen molar-refractivity contribution in [2.24, 2.45) is 17.8 Å². The van der Waals surface area contributed by atoms with Gasteiger partial charge in [-0.2, -0.15) is 0 Å². The predicted molar refractivity (Wildman–Crippen MR) is 126 cm³/mol. The molecule has 2 aliphatic rings. The molecular weight excluding hydrogens is 422 g/mol. The van der Waals surface area contributed by atoms with Crippen LogP contribution in [0.3, 0.4) is 0 Å². The fraction of sp³-hybridized carbons (Fsp3) is 0.417. The first-order valence-corrected chi connectivity index (χ1v) is 12.9. The highest BCUT2D eigenvalue weighted by Gasteiger charge is 2.40. The third-order valence-corrected chi connectivity index (χ3v) is 8.61. The van der Waals surface area contributed by atoms with Gasteiger partial charge in [-0.15, -0.1) is 22.7 Å². The summed E-state index contributed by atoms with van der Waals surface area (Å²) < 4.78 is 4.50. The first kappa shape index (κ1) is 19.5. The van der Waals surface area contributed by atoms with E-state index in [1.807, 2.05) is 23.2 Å². The van der Waals surface area contributed by atoms with E-state index in [2.05, 4.69) is 60.7 Å². The average molecular weight is 450 g/mol. The van der Waals surface area contributed by atoms with E-state index in [4.69, 9.17) is 0 Å². The quantitative estimate of drug-likeness (QED) is 0.350. The molecule has 2 saturated carbocycles. The number of thiazole rings is 2. The molecular formula is C24H27N5S2. The van der Waals surface area contributed by atoms with Gasteiger partial charge in [0.25, 0.3) is 0 Å². The van der Waals surface area contributed by atoms with Crippen LogP contribution >= 0.6 is 22.7 Å². The van der Waals surface area contributed by atoms with E-state index in [1.165, 1.54) is 43.6 Å². The smallest absolute Gasteiger partial charge is 0.193 e. The van der Waals surface area contributed by atoms with Crippen LogP contribution in [-0.2, 0) is 13.1 Å². The molecule has 1 unspecified atom stereocenters. The van der Waals surface area contributed by atoms with Gasteiger partial charge >= 0.3 is 0 Å². The molecule has 4 aromatic rings. The largest absolute Gasteiger partial charge is 0.296 e. The molecule has 0 spiro atoms. The maximum absolute atomic E-state index is 4.54. The van der Waals surface area contributed by atoms with Gasteiger partial charge in [0, 0.05) is 66.6 Å². The first-order valence-electron chi connectivity index (χ1n) is 11.2. The van der Waals surface area contributed by atoms with Crippen molar-refractivity contribution in [3.05, 3.63) is 71.2 Å². The zero-order valence-electron chi connectivity index (χ0n) is 17.5. The molecule has 0 aliphatic heterocycles. The number of aromatic nitrogens is 4. The Morgan fingerprint density at radius 1 is 0.871 bits per heavy atom. The van der Waals surface area contributed by atoms with Crippen LogP contribution in [0.4, 0.5) is 0 Å². The van der Waals surface area contributed by atoms with Crippen LogP contribution in [0.1, 0.15) is 37.1 Å². The number of nitrogens with zero attached hydrogens (tertiary/aromatic N) is 5. The molecule has 4 aromatic heterocycles. The fourth-order valence-electron chi connectivity index (χ4n) is 5.71. The Bertz CT molecular complexity index is 1040. The van der Waals surface area contributed by atoms with Gasteiger partial charge in [-0.25, -0.2) is 9.97 Å². The van der Waals surface area contributed by atoms with Crippen molar-refractivity contribution in [2.45, 2.75) is 38.8 Å². The van der Waals surface area contributed by atoms with E-state index < -0.39 is 0 Å². The normalized spacial score (nSPS) is 22.7. The van der Waals surface area contributed by atoms with Crippen molar-refractivity contribution < 1.29 is 0 Å². The monoisotopic (exact) mass is 449 g/mol. The van der Waals surface area contributed by atoms with Gasteiger partial charge in [0.2, 0.25) is 0 Å². The minimum Gasteiger partial charge on any atom is -0.296 e. The van der Waals surface area contributed by atoms with E-state index in [-0.39, 0.29) is 0 Å². The molecule has 160 valence electrons. The van der Waals surface area contributed by atoms with Crippen molar-refractivity contribution in [3.63, 3.8) is 0 Å². The maximum Gasteiger partial charge on any atom is 0.193 e. The standard InChI is InChI=1S/C24H27N5S2/c1-3-21(28(9-1)23-25-7-11-30-23)16-27(15-20-14-18-5-6-19(20)13-18)17-22-4-2-10-29(22)24-26-8-12-31-24/h1-4,7-12,18-20H,5-6,13-17H2/t18-,19-,20?/m1/s1. The minimum atomic E-state index is 0.838. The third kappa shape index (κ3) is 3.90. The highest BCUT2D eigenvalue weighted by Crippen LogP contribution is 2.48. The number of fused-ring (bicyclic) bond motifs is 2. The highest BCUT2D eigenvalue weighted by atomic mass is 32.1. The van der Waals surface area contributed by atoms with E-state index in [1.54, 1.807) is 22.7 Å². The van der Waals surface area contributed by atoms with E-state index >= 15 is 0 Å². The zero-order valence-corrected chi connectivity index (χ0v) is 19.1. The molecule has 0 saturated heterocycles. The molecule has 7 heteroatoms. The van der Waals surface area contributed by atoms with Crippen LogP contribution in [0.25, 0.3) is 10.3 Å². The topological polar surface area (TPSA) is 38.9 Å². The molecule has 2 fully saturated rings. The van der Waals surface area contributed by atoms with Gasteiger partial charge in [-0.3, -0.25) is 14.0 Å². The van der Waals surface area contributed by atoms with E-state index in [9.17, 15) is 0 Å². The summed E-state index contributed by atoms with van der Waals surface area (Å²) in [7, 11) is 0.